The molecule has 3 aliphatic heterocycles. The van der Waals surface area contributed by atoms with Gasteiger partial charge in [-0.1, -0.05) is 23.2 Å². The van der Waals surface area contributed by atoms with E-state index >= 15 is 0 Å². The monoisotopic (exact) mass is 469 g/mol. The fourth-order valence-corrected chi connectivity index (χ4v) is 5.33. The molecule has 9 heteroatoms. The second-order valence-electron chi connectivity index (χ2n) is 8.40. The molecule has 0 aromatic heterocycles. The molecule has 170 valence electrons. The molecule has 31 heavy (non-hydrogen) atoms. The minimum absolute atomic E-state index is 0.101. The Hall–Kier alpha value is -1.38. The standard InChI is InChI=1S/C22H29Cl2N3O4/c23-17-10-16(11-18(24)12-17)22(29)27-4-1-2-19(27)21(28)25-13-20(15-3-7-31-14-15)26-5-8-30-9-6-26/h10-12,15,19-20H,1-9,13-14H2,(H,25,28). The van der Waals surface area contributed by atoms with Crippen molar-refractivity contribution in [3.05, 3.63) is 33.8 Å². The van der Waals surface area contributed by atoms with Gasteiger partial charge in [0, 0.05) is 60.4 Å². The van der Waals surface area contributed by atoms with Crippen molar-refractivity contribution < 1.29 is 19.1 Å². The zero-order valence-corrected chi connectivity index (χ0v) is 19.0. The summed E-state index contributed by atoms with van der Waals surface area (Å²) in [6.45, 7) is 5.74. The van der Waals surface area contributed by atoms with Crippen LogP contribution in [0, 0.1) is 5.92 Å². The molecule has 0 spiro atoms. The highest BCUT2D eigenvalue weighted by atomic mass is 35.5. The molecule has 7 nitrogen and oxygen atoms in total. The summed E-state index contributed by atoms with van der Waals surface area (Å²) in [6.07, 6.45) is 2.45. The summed E-state index contributed by atoms with van der Waals surface area (Å²) in [7, 11) is 0. The maximum absolute atomic E-state index is 13.1. The smallest absolute Gasteiger partial charge is 0.254 e. The Labute approximate surface area is 192 Å². The van der Waals surface area contributed by atoms with Crippen molar-refractivity contribution in [2.45, 2.75) is 31.3 Å². The Morgan fingerprint density at radius 1 is 1.03 bits per heavy atom. The molecular weight excluding hydrogens is 441 g/mol. The van der Waals surface area contributed by atoms with Gasteiger partial charge in [0.25, 0.3) is 5.91 Å². The van der Waals surface area contributed by atoms with Crippen LogP contribution < -0.4 is 5.32 Å². The van der Waals surface area contributed by atoms with Crippen LogP contribution >= 0.6 is 23.2 Å². The Kier molecular flexibility index (Phi) is 7.72. The number of nitrogens with zero attached hydrogens (tertiary/aromatic N) is 2. The van der Waals surface area contributed by atoms with Crippen molar-refractivity contribution in [1.82, 2.24) is 15.1 Å². The van der Waals surface area contributed by atoms with E-state index in [-0.39, 0.29) is 17.9 Å². The number of carbonyl (C=O) groups is 2. The van der Waals surface area contributed by atoms with Crippen LogP contribution in [0.5, 0.6) is 0 Å². The first kappa shape index (κ1) is 22.8. The molecule has 0 saturated carbocycles. The molecule has 0 bridgehead atoms. The van der Waals surface area contributed by atoms with Crippen molar-refractivity contribution in [3.8, 4) is 0 Å². The maximum atomic E-state index is 13.1. The topological polar surface area (TPSA) is 71.1 Å². The van der Waals surface area contributed by atoms with Crippen molar-refractivity contribution in [2.75, 3.05) is 52.6 Å². The molecule has 3 fully saturated rings. The van der Waals surface area contributed by atoms with Gasteiger partial charge in [-0.25, -0.2) is 0 Å². The van der Waals surface area contributed by atoms with Gasteiger partial charge in [-0.05, 0) is 37.5 Å². The van der Waals surface area contributed by atoms with E-state index in [9.17, 15) is 9.59 Å². The summed E-state index contributed by atoms with van der Waals surface area (Å²) >= 11 is 12.1. The van der Waals surface area contributed by atoms with E-state index < -0.39 is 6.04 Å². The zero-order chi connectivity index (χ0) is 21.8. The summed E-state index contributed by atoms with van der Waals surface area (Å²) in [4.78, 5) is 30.2. The van der Waals surface area contributed by atoms with Gasteiger partial charge in [-0.15, -0.1) is 0 Å². The maximum Gasteiger partial charge on any atom is 0.254 e. The molecule has 0 radical (unpaired) electrons. The summed E-state index contributed by atoms with van der Waals surface area (Å²) < 4.78 is 11.1. The molecule has 1 aromatic carbocycles. The summed E-state index contributed by atoms with van der Waals surface area (Å²) in [5.41, 5.74) is 0.409. The fraction of sp³-hybridized carbons (Fsp3) is 0.636. The highest BCUT2D eigenvalue weighted by Gasteiger charge is 2.36. The lowest BCUT2D eigenvalue weighted by Crippen LogP contribution is -2.54. The van der Waals surface area contributed by atoms with Crippen LogP contribution in [-0.4, -0.2) is 86.3 Å². The van der Waals surface area contributed by atoms with Gasteiger partial charge in [-0.3, -0.25) is 14.5 Å². The van der Waals surface area contributed by atoms with E-state index in [1.165, 1.54) is 0 Å². The highest BCUT2D eigenvalue weighted by molar-refractivity contribution is 6.35. The van der Waals surface area contributed by atoms with Crippen molar-refractivity contribution >= 4 is 35.0 Å². The van der Waals surface area contributed by atoms with Gasteiger partial charge in [-0.2, -0.15) is 0 Å². The first-order valence-electron chi connectivity index (χ1n) is 11.0. The minimum Gasteiger partial charge on any atom is -0.381 e. The van der Waals surface area contributed by atoms with Crippen LogP contribution in [-0.2, 0) is 14.3 Å². The lowest BCUT2D eigenvalue weighted by atomic mass is 9.96. The second kappa shape index (κ2) is 10.5. The lowest BCUT2D eigenvalue weighted by molar-refractivity contribution is -0.125. The number of amides is 2. The summed E-state index contributed by atoms with van der Waals surface area (Å²) in [6, 6.07) is 4.52. The number of carbonyl (C=O) groups excluding carboxylic acids is 2. The number of halogens is 2. The molecular formula is C22H29Cl2N3O4. The third-order valence-electron chi connectivity index (χ3n) is 6.44. The molecule has 1 aromatic rings. The second-order valence-corrected chi connectivity index (χ2v) is 9.27. The predicted octanol–water partition coefficient (Wildman–Crippen LogP) is 2.45. The number of ether oxygens (including phenoxy) is 2. The van der Waals surface area contributed by atoms with Crippen molar-refractivity contribution in [1.29, 1.82) is 0 Å². The number of benzene rings is 1. The van der Waals surface area contributed by atoms with Gasteiger partial charge in [0.2, 0.25) is 5.91 Å². The van der Waals surface area contributed by atoms with E-state index in [0.717, 1.165) is 39.1 Å². The molecule has 4 rings (SSSR count). The van der Waals surface area contributed by atoms with Gasteiger partial charge in [0.15, 0.2) is 0 Å². The zero-order valence-electron chi connectivity index (χ0n) is 17.5. The normalized spacial score (nSPS) is 25.5. The van der Waals surface area contributed by atoms with E-state index in [1.807, 2.05) is 0 Å². The van der Waals surface area contributed by atoms with Gasteiger partial charge >= 0.3 is 0 Å². The van der Waals surface area contributed by atoms with Crippen LogP contribution in [0.2, 0.25) is 10.0 Å². The predicted molar refractivity (Wildman–Crippen MR) is 119 cm³/mol. The van der Waals surface area contributed by atoms with Crippen LogP contribution in [0.15, 0.2) is 18.2 Å². The quantitative estimate of drug-likeness (QED) is 0.692. The van der Waals surface area contributed by atoms with Crippen LogP contribution in [0.3, 0.4) is 0 Å². The Bertz CT molecular complexity index is 777. The lowest BCUT2D eigenvalue weighted by Gasteiger charge is -2.37. The Morgan fingerprint density at radius 2 is 1.77 bits per heavy atom. The van der Waals surface area contributed by atoms with Crippen LogP contribution in [0.25, 0.3) is 0 Å². The number of nitrogens with one attached hydrogen (secondary N) is 1. The Balaban J connectivity index is 1.40. The number of morpholine rings is 1. The van der Waals surface area contributed by atoms with Gasteiger partial charge in [0.05, 0.1) is 19.8 Å². The van der Waals surface area contributed by atoms with E-state index in [2.05, 4.69) is 10.2 Å². The summed E-state index contributed by atoms with van der Waals surface area (Å²) in [5.74, 6) is 0.0837. The number of rotatable bonds is 6. The minimum atomic E-state index is -0.476. The van der Waals surface area contributed by atoms with Crippen LogP contribution in [0.4, 0.5) is 0 Å². The van der Waals surface area contributed by atoms with E-state index in [1.54, 1.807) is 23.1 Å². The van der Waals surface area contributed by atoms with Gasteiger partial charge < -0.3 is 19.7 Å². The molecule has 3 atom stereocenters. The molecule has 3 aliphatic rings. The fourth-order valence-electron chi connectivity index (χ4n) is 4.81. The van der Waals surface area contributed by atoms with E-state index in [4.69, 9.17) is 32.7 Å². The number of hydrogen-bond donors (Lipinski definition) is 1. The number of likely N-dealkylation sites (tertiary alicyclic amines) is 1. The van der Waals surface area contributed by atoms with E-state index in [0.29, 0.717) is 54.3 Å². The van der Waals surface area contributed by atoms with Crippen molar-refractivity contribution in [3.63, 3.8) is 0 Å². The Morgan fingerprint density at radius 3 is 2.45 bits per heavy atom. The first-order chi connectivity index (χ1) is 15.0. The molecule has 2 amide bonds. The molecule has 3 unspecified atom stereocenters. The molecule has 1 N–H and O–H groups in total. The highest BCUT2D eigenvalue weighted by Crippen LogP contribution is 2.25. The molecule has 3 saturated heterocycles. The SMILES string of the molecule is O=C(NCC(C1CCOC1)N1CCOCC1)C1CCCN1C(=O)c1cc(Cl)cc(Cl)c1. The third-order valence-corrected chi connectivity index (χ3v) is 6.87. The van der Waals surface area contributed by atoms with Gasteiger partial charge in [0.1, 0.15) is 6.04 Å². The molecule has 3 heterocycles. The number of hydrogen-bond acceptors (Lipinski definition) is 5. The molecule has 0 aliphatic carbocycles. The average Bonchev–Trinajstić information content (AvgIpc) is 3.46. The van der Waals surface area contributed by atoms with Crippen LogP contribution in [0.1, 0.15) is 29.6 Å². The first-order valence-corrected chi connectivity index (χ1v) is 11.7. The average molecular weight is 470 g/mol. The summed E-state index contributed by atoms with van der Waals surface area (Å²) in [5, 5.41) is 3.95. The third kappa shape index (κ3) is 5.52. The largest absolute Gasteiger partial charge is 0.381 e. The van der Waals surface area contributed by atoms with Crippen molar-refractivity contribution in [2.24, 2.45) is 5.92 Å².